The summed E-state index contributed by atoms with van der Waals surface area (Å²) in [7, 11) is 0. The van der Waals surface area contributed by atoms with Gasteiger partial charge in [0, 0.05) is 0 Å². The van der Waals surface area contributed by atoms with Crippen molar-refractivity contribution in [1.82, 2.24) is 0 Å². The van der Waals surface area contributed by atoms with E-state index in [9.17, 15) is 0 Å². The van der Waals surface area contributed by atoms with Gasteiger partial charge in [0.1, 0.15) is 5.56 Å². The summed E-state index contributed by atoms with van der Waals surface area (Å²) in [6.07, 6.45) is 0.885. The van der Waals surface area contributed by atoms with E-state index in [2.05, 4.69) is 0 Å². The maximum absolute atomic E-state index is 5.61. The van der Waals surface area contributed by atoms with Crippen molar-refractivity contribution in [3.63, 3.8) is 0 Å². The van der Waals surface area contributed by atoms with Gasteiger partial charge in [-0.05, 0) is 6.42 Å². The minimum atomic E-state index is -0.248. The first kappa shape index (κ1) is 5.67. The Balaban J connectivity index is 2.33. The fraction of sp³-hybridized carbons (Fsp3) is 1.00. The number of halogens is 2. The molecule has 0 aromatic heterocycles. The van der Waals surface area contributed by atoms with E-state index in [0.29, 0.717) is 6.61 Å². The van der Waals surface area contributed by atoms with Crippen molar-refractivity contribution < 1.29 is 4.74 Å². The van der Waals surface area contributed by atoms with Gasteiger partial charge in [0.05, 0.1) is 12.0 Å². The van der Waals surface area contributed by atoms with Crippen LogP contribution in [0.3, 0.4) is 0 Å². The first-order chi connectivity index (χ1) is 3.30. The molecule has 0 radical (unpaired) electrons. The lowest BCUT2D eigenvalue weighted by Gasteiger charge is -1.99. The lowest BCUT2D eigenvalue weighted by molar-refractivity contribution is 0.169. The Morgan fingerprint density at radius 1 is 1.43 bits per heavy atom. The molecule has 0 aromatic rings. The van der Waals surface area contributed by atoms with Crippen LogP contribution in [-0.2, 0) is 4.74 Å². The second-order valence-electron chi connectivity index (χ2n) is 1.53. The molecular formula is C4H6Cl2O. The summed E-state index contributed by atoms with van der Waals surface area (Å²) in [5, 5.41) is 0.0293. The van der Waals surface area contributed by atoms with Crippen molar-refractivity contribution in [1.29, 1.82) is 0 Å². The summed E-state index contributed by atoms with van der Waals surface area (Å²) < 4.78 is 4.90. The van der Waals surface area contributed by atoms with Crippen molar-refractivity contribution in [3.8, 4) is 0 Å². The highest BCUT2D eigenvalue weighted by atomic mass is 35.5. The van der Waals surface area contributed by atoms with Crippen molar-refractivity contribution >= 4 is 23.2 Å². The van der Waals surface area contributed by atoms with Gasteiger partial charge in [0.2, 0.25) is 0 Å². The van der Waals surface area contributed by atoms with Crippen LogP contribution in [-0.4, -0.2) is 17.5 Å². The van der Waals surface area contributed by atoms with Crippen molar-refractivity contribution in [2.75, 3.05) is 6.61 Å². The highest BCUT2D eigenvalue weighted by Gasteiger charge is 2.22. The van der Waals surface area contributed by atoms with Gasteiger partial charge in [-0.2, -0.15) is 0 Å². The van der Waals surface area contributed by atoms with Gasteiger partial charge in [0.25, 0.3) is 0 Å². The second kappa shape index (κ2) is 2.21. The molecule has 1 rings (SSSR count). The number of hydrogen-bond donors (Lipinski definition) is 0. The average Bonchev–Trinajstić information content (AvgIpc) is 1.91. The third-order valence-electron chi connectivity index (χ3n) is 0.955. The molecule has 0 aliphatic carbocycles. The normalized spacial score (nSPS) is 42.0. The van der Waals surface area contributed by atoms with Crippen LogP contribution < -0.4 is 0 Å². The van der Waals surface area contributed by atoms with E-state index < -0.39 is 0 Å². The van der Waals surface area contributed by atoms with Crippen LogP contribution in [0.25, 0.3) is 0 Å². The highest BCUT2D eigenvalue weighted by molar-refractivity contribution is 6.29. The monoisotopic (exact) mass is 140 g/mol. The van der Waals surface area contributed by atoms with E-state index in [4.69, 9.17) is 27.9 Å². The molecule has 1 nitrogen and oxygen atoms in total. The number of hydrogen-bond acceptors (Lipinski definition) is 1. The lowest BCUT2D eigenvalue weighted by Crippen LogP contribution is -2.05. The molecule has 0 aromatic carbocycles. The molecule has 2 atom stereocenters. The van der Waals surface area contributed by atoms with E-state index in [-0.39, 0.29) is 10.9 Å². The Bertz CT molecular complexity index is 58.7. The zero-order valence-corrected chi connectivity index (χ0v) is 5.24. The molecule has 1 aliphatic rings. The van der Waals surface area contributed by atoms with Gasteiger partial charge in [-0.15, -0.1) is 11.6 Å². The van der Waals surface area contributed by atoms with Crippen LogP contribution >= 0.6 is 23.2 Å². The zero-order chi connectivity index (χ0) is 5.28. The molecule has 42 valence electrons. The van der Waals surface area contributed by atoms with E-state index >= 15 is 0 Å². The fourth-order valence-corrected chi connectivity index (χ4v) is 0.906. The van der Waals surface area contributed by atoms with Crippen molar-refractivity contribution in [2.24, 2.45) is 0 Å². The molecule has 1 heterocycles. The summed E-state index contributed by atoms with van der Waals surface area (Å²) in [4.78, 5) is 0. The van der Waals surface area contributed by atoms with Crippen LogP contribution in [0.2, 0.25) is 0 Å². The average molecular weight is 141 g/mol. The largest absolute Gasteiger partial charge is 0.361 e. The molecule has 0 saturated carbocycles. The standard InChI is InChI=1S/C4H6Cl2O/c5-3-1-2-7-4(3)6/h3-4H,1-2H2/t3-,4+/m0/s1. The summed E-state index contributed by atoms with van der Waals surface area (Å²) in [5.74, 6) is 0. The minimum Gasteiger partial charge on any atom is -0.361 e. The number of alkyl halides is 2. The highest BCUT2D eigenvalue weighted by Crippen LogP contribution is 2.21. The van der Waals surface area contributed by atoms with Gasteiger partial charge in [-0.25, -0.2) is 0 Å². The first-order valence-electron chi connectivity index (χ1n) is 2.20. The molecule has 1 fully saturated rings. The molecule has 1 saturated heterocycles. The Labute approximate surface area is 52.5 Å². The second-order valence-corrected chi connectivity index (χ2v) is 2.52. The Kier molecular flexibility index (Phi) is 1.79. The van der Waals surface area contributed by atoms with Gasteiger partial charge in [-0.3, -0.25) is 0 Å². The van der Waals surface area contributed by atoms with Gasteiger partial charge >= 0.3 is 0 Å². The minimum absolute atomic E-state index is 0.0293. The summed E-state index contributed by atoms with van der Waals surface area (Å²) in [5.41, 5.74) is -0.248. The number of ether oxygens (including phenoxy) is 1. The molecule has 0 spiro atoms. The molecular weight excluding hydrogens is 135 g/mol. The van der Waals surface area contributed by atoms with Crippen LogP contribution in [0.5, 0.6) is 0 Å². The first-order valence-corrected chi connectivity index (χ1v) is 3.08. The molecule has 7 heavy (non-hydrogen) atoms. The SMILES string of the molecule is Cl[C@@H]1OCC[C@@H]1Cl. The molecule has 0 amide bonds. The summed E-state index contributed by atoms with van der Waals surface area (Å²) in [6.45, 7) is 0.711. The van der Waals surface area contributed by atoms with Gasteiger partial charge in [0.15, 0.2) is 0 Å². The van der Waals surface area contributed by atoms with Crippen molar-refractivity contribution in [2.45, 2.75) is 17.4 Å². The predicted molar refractivity (Wildman–Crippen MR) is 29.9 cm³/mol. The zero-order valence-electron chi connectivity index (χ0n) is 3.73. The van der Waals surface area contributed by atoms with E-state index in [1.165, 1.54) is 0 Å². The third-order valence-corrected chi connectivity index (χ3v) is 1.96. The van der Waals surface area contributed by atoms with Crippen LogP contribution in [0.1, 0.15) is 6.42 Å². The Hall–Kier alpha value is 0.540. The van der Waals surface area contributed by atoms with E-state index in [1.807, 2.05) is 0 Å². The molecule has 1 aliphatic heterocycles. The maximum Gasteiger partial charge on any atom is 0.147 e. The van der Waals surface area contributed by atoms with Crippen molar-refractivity contribution in [3.05, 3.63) is 0 Å². The molecule has 3 heteroatoms. The molecule has 0 unspecified atom stereocenters. The molecule has 0 N–H and O–H groups in total. The van der Waals surface area contributed by atoms with E-state index in [1.54, 1.807) is 0 Å². The van der Waals surface area contributed by atoms with Crippen LogP contribution in [0.15, 0.2) is 0 Å². The smallest absolute Gasteiger partial charge is 0.147 e. The number of rotatable bonds is 0. The maximum atomic E-state index is 5.61. The van der Waals surface area contributed by atoms with Gasteiger partial charge < -0.3 is 4.74 Å². The van der Waals surface area contributed by atoms with Crippen LogP contribution in [0.4, 0.5) is 0 Å². The topological polar surface area (TPSA) is 9.23 Å². The fourth-order valence-electron chi connectivity index (χ4n) is 0.529. The Morgan fingerprint density at radius 2 is 2.14 bits per heavy atom. The lowest BCUT2D eigenvalue weighted by atomic mass is 10.4. The third kappa shape index (κ3) is 1.21. The Morgan fingerprint density at radius 3 is 2.29 bits per heavy atom. The summed E-state index contributed by atoms with van der Waals surface area (Å²) in [6, 6.07) is 0. The van der Waals surface area contributed by atoms with Gasteiger partial charge in [-0.1, -0.05) is 11.6 Å². The van der Waals surface area contributed by atoms with Crippen LogP contribution in [0, 0.1) is 0 Å². The van der Waals surface area contributed by atoms with E-state index in [0.717, 1.165) is 6.42 Å². The predicted octanol–water partition coefficient (Wildman–Crippen LogP) is 1.58. The quantitative estimate of drug-likeness (QED) is 0.465. The summed E-state index contributed by atoms with van der Waals surface area (Å²) >= 11 is 11.1. The molecule has 0 bridgehead atoms.